The third-order valence-electron chi connectivity index (χ3n) is 6.03. The molecule has 3 rings (SSSR count). The molecule has 0 fully saturated rings. The number of hydrogen-bond donors (Lipinski definition) is 0. The molecule has 3 aromatic rings. The second kappa shape index (κ2) is 20.2. The largest absolute Gasteiger partial charge is 0.494 e. The van der Waals surface area contributed by atoms with E-state index >= 15 is 0 Å². The van der Waals surface area contributed by atoms with Crippen LogP contribution in [-0.4, -0.2) is 38.0 Å². The van der Waals surface area contributed by atoms with Crippen LogP contribution in [0.3, 0.4) is 0 Å². The molecule has 0 N–H and O–H groups in total. The Morgan fingerprint density at radius 3 is 1.62 bits per heavy atom. The van der Waals surface area contributed by atoms with Crippen LogP contribution in [0, 0.1) is 35.5 Å². The maximum absolute atomic E-state index is 11.0. The van der Waals surface area contributed by atoms with E-state index in [9.17, 15) is 9.59 Å². The predicted octanol–water partition coefficient (Wildman–Crippen LogP) is 6.98. The molecule has 3 aromatic carbocycles. The first-order chi connectivity index (χ1) is 22.1. The van der Waals surface area contributed by atoms with Gasteiger partial charge in [0.05, 0.1) is 25.5 Å². The summed E-state index contributed by atoms with van der Waals surface area (Å²) in [6.07, 6.45) is 8.14. The quantitative estimate of drug-likeness (QED) is 0.0659. The summed E-state index contributed by atoms with van der Waals surface area (Å²) >= 11 is 0. The van der Waals surface area contributed by atoms with E-state index in [-0.39, 0.29) is 5.97 Å². The summed E-state index contributed by atoms with van der Waals surface area (Å²) < 4.78 is 15.6. The van der Waals surface area contributed by atoms with Gasteiger partial charge in [-0.3, -0.25) is 4.99 Å². The van der Waals surface area contributed by atoms with Crippen molar-refractivity contribution in [1.82, 2.24) is 0 Å². The Labute approximate surface area is 265 Å². The summed E-state index contributed by atoms with van der Waals surface area (Å²) in [5.41, 5.74) is 4.34. The molecular formula is C39H35NO5. The molecule has 0 saturated carbocycles. The van der Waals surface area contributed by atoms with E-state index in [1.807, 2.05) is 79.0 Å². The van der Waals surface area contributed by atoms with Gasteiger partial charge in [-0.1, -0.05) is 36.8 Å². The van der Waals surface area contributed by atoms with Crippen LogP contribution in [-0.2, 0) is 19.1 Å². The molecule has 0 atom stereocenters. The number of nitrogens with zero attached hydrogens (tertiary/aromatic N) is 1. The van der Waals surface area contributed by atoms with Crippen molar-refractivity contribution in [2.75, 3.05) is 19.8 Å². The van der Waals surface area contributed by atoms with E-state index in [0.717, 1.165) is 59.0 Å². The second-order valence-corrected chi connectivity index (χ2v) is 9.50. The zero-order chi connectivity index (χ0) is 32.0. The topological polar surface area (TPSA) is 74.2 Å². The number of benzene rings is 3. The maximum Gasteiger partial charge on any atom is 0.330 e. The Morgan fingerprint density at radius 2 is 1.07 bits per heavy atom. The van der Waals surface area contributed by atoms with Crippen molar-refractivity contribution in [2.45, 2.75) is 32.1 Å². The van der Waals surface area contributed by atoms with Crippen molar-refractivity contribution in [3.63, 3.8) is 0 Å². The van der Waals surface area contributed by atoms with Crippen LogP contribution in [0.5, 0.6) is 5.75 Å². The fourth-order valence-electron chi connectivity index (χ4n) is 3.63. The molecule has 0 unspecified atom stereocenters. The van der Waals surface area contributed by atoms with E-state index in [2.05, 4.69) is 53.7 Å². The van der Waals surface area contributed by atoms with Crippen LogP contribution >= 0.6 is 0 Å². The van der Waals surface area contributed by atoms with Gasteiger partial charge in [-0.2, -0.15) is 0 Å². The average Bonchev–Trinajstić information content (AvgIpc) is 3.08. The van der Waals surface area contributed by atoms with Crippen LogP contribution in [0.25, 0.3) is 0 Å². The summed E-state index contributed by atoms with van der Waals surface area (Å²) in [6.45, 7) is 8.08. The van der Waals surface area contributed by atoms with Gasteiger partial charge in [0.25, 0.3) is 0 Å². The van der Waals surface area contributed by atoms with Crippen LogP contribution in [0.15, 0.2) is 103 Å². The van der Waals surface area contributed by atoms with Gasteiger partial charge in [0.2, 0.25) is 0 Å². The lowest BCUT2D eigenvalue weighted by Crippen LogP contribution is -2.03. The summed E-state index contributed by atoms with van der Waals surface area (Å²) in [5.74, 6) is 18.2. The van der Waals surface area contributed by atoms with Crippen molar-refractivity contribution >= 4 is 23.8 Å². The fraction of sp³-hybridized carbons (Fsp3) is 0.205. The van der Waals surface area contributed by atoms with Gasteiger partial charge in [-0.15, -0.1) is 0 Å². The molecule has 0 heterocycles. The molecule has 0 spiro atoms. The number of unbranched alkanes of at least 4 members (excludes halogenated alkanes) is 3. The third-order valence-corrected chi connectivity index (χ3v) is 6.03. The third kappa shape index (κ3) is 14.3. The van der Waals surface area contributed by atoms with E-state index in [0.29, 0.717) is 32.7 Å². The summed E-state index contributed by atoms with van der Waals surface area (Å²) in [5, 5.41) is 0. The highest BCUT2D eigenvalue weighted by Gasteiger charge is 1.98. The van der Waals surface area contributed by atoms with E-state index < -0.39 is 5.97 Å². The van der Waals surface area contributed by atoms with Gasteiger partial charge >= 0.3 is 11.9 Å². The number of aliphatic imine (C=N–C) groups is 1. The van der Waals surface area contributed by atoms with Gasteiger partial charge in [-0.25, -0.2) is 9.59 Å². The van der Waals surface area contributed by atoms with E-state index in [1.165, 1.54) is 6.08 Å². The molecule has 6 nitrogen and oxygen atoms in total. The highest BCUT2D eigenvalue weighted by Crippen LogP contribution is 2.14. The standard InChI is InChI=1S/C39H35NO5/c1-3-38(41)44-30-10-5-9-29-43-37-26-22-33(23-27-37)13-7-6-12-32-14-16-34(17-15-32)18-19-35-20-24-36(25-21-35)40-28-8-11-31-45-39(42)4-2/h3-4,14-17,20-28H,1-2,5,8-11,29-31H2. The summed E-state index contributed by atoms with van der Waals surface area (Å²) in [7, 11) is 0. The highest BCUT2D eigenvalue weighted by atomic mass is 16.5. The Bertz CT molecular complexity index is 1630. The van der Waals surface area contributed by atoms with Crippen LogP contribution in [0.2, 0.25) is 0 Å². The fourth-order valence-corrected chi connectivity index (χ4v) is 3.63. The average molecular weight is 598 g/mol. The summed E-state index contributed by atoms with van der Waals surface area (Å²) in [6, 6.07) is 23.0. The number of ether oxygens (including phenoxy) is 3. The monoisotopic (exact) mass is 597 g/mol. The number of carbonyl (C=O) groups excluding carboxylic acids is 2. The Hall–Kier alpha value is -5.77. The lowest BCUT2D eigenvalue weighted by atomic mass is 10.1. The van der Waals surface area contributed by atoms with Crippen LogP contribution in [0.1, 0.15) is 54.4 Å². The minimum absolute atomic E-state index is 0.350. The molecule has 0 saturated heterocycles. The molecule has 226 valence electrons. The van der Waals surface area contributed by atoms with Crippen LogP contribution in [0.4, 0.5) is 5.69 Å². The summed E-state index contributed by atoms with van der Waals surface area (Å²) in [4.78, 5) is 26.4. The van der Waals surface area contributed by atoms with Crippen molar-refractivity contribution in [1.29, 1.82) is 0 Å². The van der Waals surface area contributed by atoms with Gasteiger partial charge in [0.15, 0.2) is 0 Å². The number of rotatable bonds is 14. The van der Waals surface area contributed by atoms with Crippen molar-refractivity contribution in [3.05, 3.63) is 120 Å². The molecule has 45 heavy (non-hydrogen) atoms. The lowest BCUT2D eigenvalue weighted by Gasteiger charge is -2.06. The first-order valence-corrected chi connectivity index (χ1v) is 14.6. The normalized spacial score (nSPS) is 9.78. The predicted molar refractivity (Wildman–Crippen MR) is 178 cm³/mol. The lowest BCUT2D eigenvalue weighted by molar-refractivity contribution is -0.138. The first-order valence-electron chi connectivity index (χ1n) is 14.6. The first kappa shape index (κ1) is 33.7. The molecule has 0 aliphatic carbocycles. The minimum Gasteiger partial charge on any atom is -0.494 e. The van der Waals surface area contributed by atoms with Crippen molar-refractivity contribution in [2.24, 2.45) is 4.99 Å². The molecule has 0 aliphatic heterocycles. The Morgan fingerprint density at radius 1 is 0.600 bits per heavy atom. The number of esters is 2. The van der Waals surface area contributed by atoms with Gasteiger partial charge in [-0.05, 0) is 117 Å². The van der Waals surface area contributed by atoms with E-state index in [4.69, 9.17) is 14.2 Å². The zero-order valence-electron chi connectivity index (χ0n) is 25.2. The van der Waals surface area contributed by atoms with Gasteiger partial charge in [0.1, 0.15) is 5.75 Å². The van der Waals surface area contributed by atoms with Crippen molar-refractivity contribution < 1.29 is 23.8 Å². The Kier molecular flexibility index (Phi) is 15.1. The number of carbonyl (C=O) groups is 2. The molecule has 0 amide bonds. The van der Waals surface area contributed by atoms with E-state index in [1.54, 1.807) is 0 Å². The molecule has 0 bridgehead atoms. The zero-order valence-corrected chi connectivity index (χ0v) is 25.2. The van der Waals surface area contributed by atoms with Gasteiger partial charge < -0.3 is 14.2 Å². The van der Waals surface area contributed by atoms with Gasteiger partial charge in [0, 0.05) is 40.6 Å². The molecule has 0 aromatic heterocycles. The smallest absolute Gasteiger partial charge is 0.330 e. The SMILES string of the molecule is C=CC(=O)OCCCC=Nc1ccc(C#Cc2ccc(C#CC#Cc3ccc(OCCCCCOC(=O)C=C)cc3)cc2)cc1. The Balaban J connectivity index is 1.38. The second-order valence-electron chi connectivity index (χ2n) is 9.50. The molecule has 6 heteroatoms. The molecular weight excluding hydrogens is 562 g/mol. The number of hydrogen-bond acceptors (Lipinski definition) is 6. The molecule has 0 radical (unpaired) electrons. The minimum atomic E-state index is -0.409. The highest BCUT2D eigenvalue weighted by molar-refractivity contribution is 5.81. The van der Waals surface area contributed by atoms with Crippen LogP contribution < -0.4 is 4.74 Å². The molecule has 0 aliphatic rings. The van der Waals surface area contributed by atoms with Crippen molar-refractivity contribution in [3.8, 4) is 41.3 Å². The maximum atomic E-state index is 11.0.